The number of nitrogens with two attached hydrogens (primary N) is 1. The Balaban J connectivity index is 3.08. The summed E-state index contributed by atoms with van der Waals surface area (Å²) in [5, 5.41) is 1.81. The largest absolute Gasteiger partial charge is 0.326 e. The average Bonchev–Trinajstić information content (AvgIpc) is 2.74. The highest BCUT2D eigenvalue weighted by atomic mass is 32.2. The van der Waals surface area contributed by atoms with E-state index in [-0.39, 0.29) is 6.04 Å². The van der Waals surface area contributed by atoms with E-state index in [4.69, 9.17) is 5.73 Å². The molecule has 1 aromatic heterocycles. The van der Waals surface area contributed by atoms with Crippen molar-refractivity contribution in [2.24, 2.45) is 11.7 Å². The molecule has 1 rings (SSSR count). The van der Waals surface area contributed by atoms with Gasteiger partial charge < -0.3 is 5.73 Å². The summed E-state index contributed by atoms with van der Waals surface area (Å²) in [5.74, 6) is 0.302. The van der Waals surface area contributed by atoms with Crippen LogP contribution in [-0.4, -0.2) is 25.3 Å². The lowest BCUT2D eigenvalue weighted by Gasteiger charge is -2.26. The molecule has 0 unspecified atom stereocenters. The Morgan fingerprint density at radius 3 is 2.33 bits per heavy atom. The van der Waals surface area contributed by atoms with E-state index in [1.807, 2.05) is 27.7 Å². The van der Waals surface area contributed by atoms with Gasteiger partial charge in [0.2, 0.25) is 0 Å². The fourth-order valence-electron chi connectivity index (χ4n) is 1.66. The van der Waals surface area contributed by atoms with E-state index in [0.717, 1.165) is 5.56 Å². The molecular formula is C12H22N2O2S2. The van der Waals surface area contributed by atoms with Crippen molar-refractivity contribution in [2.45, 2.75) is 44.5 Å². The van der Waals surface area contributed by atoms with Crippen molar-refractivity contribution < 1.29 is 8.42 Å². The van der Waals surface area contributed by atoms with Gasteiger partial charge in [-0.1, -0.05) is 13.8 Å². The Morgan fingerprint density at radius 2 is 1.94 bits per heavy atom. The van der Waals surface area contributed by atoms with Crippen molar-refractivity contribution in [1.29, 1.82) is 0 Å². The van der Waals surface area contributed by atoms with Crippen LogP contribution in [0.25, 0.3) is 0 Å². The van der Waals surface area contributed by atoms with Gasteiger partial charge in [0.15, 0.2) is 0 Å². The first kappa shape index (κ1) is 15.6. The number of rotatable bonds is 6. The first-order chi connectivity index (χ1) is 8.28. The molecule has 0 bridgehead atoms. The summed E-state index contributed by atoms with van der Waals surface area (Å²) in [6, 6.07) is 1.64. The second kappa shape index (κ2) is 6.14. The molecule has 6 heteroatoms. The van der Waals surface area contributed by atoms with Gasteiger partial charge in [0, 0.05) is 19.1 Å². The Labute approximate surface area is 114 Å². The van der Waals surface area contributed by atoms with Crippen LogP contribution in [0.15, 0.2) is 15.7 Å². The molecule has 0 atom stereocenters. The van der Waals surface area contributed by atoms with E-state index in [2.05, 4.69) is 0 Å². The molecule has 0 aliphatic rings. The zero-order chi connectivity index (χ0) is 13.9. The van der Waals surface area contributed by atoms with Gasteiger partial charge in [0.05, 0.1) is 0 Å². The predicted molar refractivity (Wildman–Crippen MR) is 76.1 cm³/mol. The molecule has 0 fully saturated rings. The minimum absolute atomic E-state index is 0.0409. The SMILES string of the molecule is CC(C)CN(C(C)C)S(=O)(=O)c1cc(CN)cs1. The minimum Gasteiger partial charge on any atom is -0.326 e. The monoisotopic (exact) mass is 290 g/mol. The highest BCUT2D eigenvalue weighted by Crippen LogP contribution is 2.25. The average molecular weight is 290 g/mol. The van der Waals surface area contributed by atoms with Crippen LogP contribution in [0.4, 0.5) is 0 Å². The molecule has 0 spiro atoms. The summed E-state index contributed by atoms with van der Waals surface area (Å²) < 4.78 is 27.0. The fourth-order valence-corrected chi connectivity index (χ4v) is 4.81. The number of hydrogen-bond donors (Lipinski definition) is 1. The highest BCUT2D eigenvalue weighted by Gasteiger charge is 2.28. The molecule has 0 amide bonds. The van der Waals surface area contributed by atoms with E-state index < -0.39 is 10.0 Å². The van der Waals surface area contributed by atoms with Crippen molar-refractivity contribution in [2.75, 3.05) is 6.54 Å². The van der Waals surface area contributed by atoms with E-state index in [1.54, 1.807) is 15.8 Å². The van der Waals surface area contributed by atoms with E-state index in [9.17, 15) is 8.42 Å². The van der Waals surface area contributed by atoms with Gasteiger partial charge in [0.25, 0.3) is 10.0 Å². The minimum atomic E-state index is -3.39. The van der Waals surface area contributed by atoms with Crippen LogP contribution in [0, 0.1) is 5.92 Å². The molecule has 2 N–H and O–H groups in total. The molecule has 0 aliphatic heterocycles. The summed E-state index contributed by atoms with van der Waals surface area (Å²) >= 11 is 1.24. The molecule has 18 heavy (non-hydrogen) atoms. The maximum atomic E-state index is 12.5. The summed E-state index contributed by atoms with van der Waals surface area (Å²) in [6.45, 7) is 8.75. The Kier molecular flexibility index (Phi) is 5.33. The van der Waals surface area contributed by atoms with Crippen LogP contribution in [0.3, 0.4) is 0 Å². The molecule has 4 nitrogen and oxygen atoms in total. The molecule has 0 aromatic carbocycles. The lowest BCUT2D eigenvalue weighted by atomic mass is 10.2. The number of nitrogens with zero attached hydrogens (tertiary/aromatic N) is 1. The van der Waals surface area contributed by atoms with Gasteiger partial charge in [-0.3, -0.25) is 0 Å². The van der Waals surface area contributed by atoms with Gasteiger partial charge in [-0.2, -0.15) is 4.31 Å². The second-order valence-electron chi connectivity index (χ2n) is 5.04. The Morgan fingerprint density at radius 1 is 1.33 bits per heavy atom. The van der Waals surface area contributed by atoms with Crippen LogP contribution >= 0.6 is 11.3 Å². The lowest BCUT2D eigenvalue weighted by molar-refractivity contribution is 0.319. The fraction of sp³-hybridized carbons (Fsp3) is 0.667. The summed E-state index contributed by atoms with van der Waals surface area (Å²) in [5.41, 5.74) is 6.39. The van der Waals surface area contributed by atoms with Crippen molar-refractivity contribution in [3.63, 3.8) is 0 Å². The smallest absolute Gasteiger partial charge is 0.252 e. The van der Waals surface area contributed by atoms with Crippen LogP contribution in [0.1, 0.15) is 33.3 Å². The Hall–Kier alpha value is -0.430. The maximum absolute atomic E-state index is 12.5. The standard InChI is InChI=1S/C12H22N2O2S2/c1-9(2)7-14(10(3)4)18(15,16)12-5-11(6-13)8-17-12/h5,8-10H,6-7,13H2,1-4H3. The maximum Gasteiger partial charge on any atom is 0.252 e. The van der Waals surface area contributed by atoms with Gasteiger partial charge in [-0.25, -0.2) is 8.42 Å². The normalized spacial score (nSPS) is 12.9. The third-order valence-electron chi connectivity index (χ3n) is 2.55. The molecule has 104 valence electrons. The van der Waals surface area contributed by atoms with Gasteiger partial charge in [0.1, 0.15) is 4.21 Å². The van der Waals surface area contributed by atoms with Gasteiger partial charge in [-0.05, 0) is 36.8 Å². The van der Waals surface area contributed by atoms with Crippen molar-refractivity contribution in [1.82, 2.24) is 4.31 Å². The zero-order valence-electron chi connectivity index (χ0n) is 11.4. The third kappa shape index (κ3) is 3.54. The van der Waals surface area contributed by atoms with Crippen molar-refractivity contribution in [3.05, 3.63) is 17.0 Å². The van der Waals surface area contributed by atoms with Crippen LogP contribution < -0.4 is 5.73 Å². The number of sulfonamides is 1. The molecular weight excluding hydrogens is 268 g/mol. The predicted octanol–water partition coefficient (Wildman–Crippen LogP) is 2.26. The second-order valence-corrected chi connectivity index (χ2v) is 8.07. The summed E-state index contributed by atoms with van der Waals surface area (Å²) in [7, 11) is -3.39. The first-order valence-corrected chi connectivity index (χ1v) is 8.40. The molecule has 1 heterocycles. The van der Waals surface area contributed by atoms with E-state index >= 15 is 0 Å². The first-order valence-electron chi connectivity index (χ1n) is 6.08. The van der Waals surface area contributed by atoms with Crippen molar-refractivity contribution >= 4 is 21.4 Å². The lowest BCUT2D eigenvalue weighted by Crippen LogP contribution is -2.39. The number of hydrogen-bond acceptors (Lipinski definition) is 4. The molecule has 0 saturated heterocycles. The highest BCUT2D eigenvalue weighted by molar-refractivity contribution is 7.91. The molecule has 0 radical (unpaired) electrons. The Bertz CT molecular complexity index is 478. The van der Waals surface area contributed by atoms with E-state index in [1.165, 1.54) is 11.3 Å². The molecule has 1 aromatic rings. The zero-order valence-corrected chi connectivity index (χ0v) is 13.0. The molecule has 0 aliphatic carbocycles. The summed E-state index contributed by atoms with van der Waals surface area (Å²) in [6.07, 6.45) is 0. The van der Waals surface area contributed by atoms with E-state index in [0.29, 0.717) is 23.2 Å². The van der Waals surface area contributed by atoms with Crippen LogP contribution in [-0.2, 0) is 16.6 Å². The number of thiophene rings is 1. The van der Waals surface area contributed by atoms with Crippen molar-refractivity contribution in [3.8, 4) is 0 Å². The van der Waals surface area contributed by atoms with Crippen LogP contribution in [0.2, 0.25) is 0 Å². The third-order valence-corrected chi connectivity index (χ3v) is 6.06. The molecule has 0 saturated carbocycles. The van der Waals surface area contributed by atoms with Crippen LogP contribution in [0.5, 0.6) is 0 Å². The summed E-state index contributed by atoms with van der Waals surface area (Å²) in [4.78, 5) is 0. The quantitative estimate of drug-likeness (QED) is 0.874. The van der Waals surface area contributed by atoms with Gasteiger partial charge in [-0.15, -0.1) is 11.3 Å². The van der Waals surface area contributed by atoms with Gasteiger partial charge >= 0.3 is 0 Å². The topological polar surface area (TPSA) is 63.4 Å².